The van der Waals surface area contributed by atoms with E-state index in [0.29, 0.717) is 12.8 Å². The van der Waals surface area contributed by atoms with Crippen LogP contribution in [0.4, 0.5) is 0 Å². The Bertz CT molecular complexity index is 684. The predicted molar refractivity (Wildman–Crippen MR) is 97.7 cm³/mol. The Morgan fingerprint density at radius 2 is 1.80 bits per heavy atom. The molecule has 132 valence electrons. The van der Waals surface area contributed by atoms with Crippen LogP contribution in [0.5, 0.6) is 5.75 Å². The van der Waals surface area contributed by atoms with Crippen LogP contribution >= 0.6 is 0 Å². The predicted octanol–water partition coefficient (Wildman–Crippen LogP) is 3.80. The number of nitrogens with zero attached hydrogens (tertiary/aromatic N) is 1. The lowest BCUT2D eigenvalue weighted by atomic mass is 9.95. The van der Waals surface area contributed by atoms with Gasteiger partial charge < -0.3 is 9.84 Å². The first kappa shape index (κ1) is 17.5. The monoisotopic (exact) mass is 339 g/mol. The number of carbonyl (C=O) groups is 1. The van der Waals surface area contributed by atoms with Gasteiger partial charge in [0, 0.05) is 13.0 Å². The van der Waals surface area contributed by atoms with Crippen LogP contribution in [-0.4, -0.2) is 35.3 Å². The molecule has 1 saturated heterocycles. The van der Waals surface area contributed by atoms with E-state index in [0.717, 1.165) is 25.3 Å². The number of hydrogen-bond donors (Lipinski definition) is 1. The molecule has 1 N–H and O–H groups in total. The van der Waals surface area contributed by atoms with Gasteiger partial charge in [0.05, 0.1) is 5.92 Å². The van der Waals surface area contributed by atoms with E-state index >= 15 is 0 Å². The number of likely N-dealkylation sites (tertiary alicyclic amines) is 1. The summed E-state index contributed by atoms with van der Waals surface area (Å²) in [4.78, 5) is 13.5. The van der Waals surface area contributed by atoms with Crippen molar-refractivity contribution < 1.29 is 14.6 Å². The SMILES string of the molecule is CCN1CCC(C(=O)O)CC1Oc1ccc(Cc2ccccc2)cc1. The summed E-state index contributed by atoms with van der Waals surface area (Å²) in [7, 11) is 0. The minimum Gasteiger partial charge on any atom is -0.481 e. The molecule has 2 unspecified atom stereocenters. The van der Waals surface area contributed by atoms with Crippen LogP contribution in [-0.2, 0) is 11.2 Å². The second kappa shape index (κ2) is 8.17. The first-order chi connectivity index (χ1) is 12.2. The molecule has 4 heteroatoms. The Balaban J connectivity index is 1.64. The van der Waals surface area contributed by atoms with E-state index in [1.165, 1.54) is 11.1 Å². The van der Waals surface area contributed by atoms with Crippen molar-refractivity contribution in [2.45, 2.75) is 32.4 Å². The highest BCUT2D eigenvalue weighted by molar-refractivity contribution is 5.70. The minimum absolute atomic E-state index is 0.167. The molecule has 2 atom stereocenters. The van der Waals surface area contributed by atoms with Gasteiger partial charge in [0.1, 0.15) is 5.75 Å². The van der Waals surface area contributed by atoms with Gasteiger partial charge in [0.25, 0.3) is 0 Å². The fourth-order valence-electron chi connectivity index (χ4n) is 3.36. The highest BCUT2D eigenvalue weighted by Gasteiger charge is 2.32. The summed E-state index contributed by atoms with van der Waals surface area (Å²) >= 11 is 0. The van der Waals surface area contributed by atoms with Gasteiger partial charge in [-0.05, 0) is 42.6 Å². The number of aliphatic carboxylic acids is 1. The first-order valence-corrected chi connectivity index (χ1v) is 8.92. The van der Waals surface area contributed by atoms with Crippen molar-refractivity contribution in [2.24, 2.45) is 5.92 Å². The summed E-state index contributed by atoms with van der Waals surface area (Å²) in [5.74, 6) is -0.237. The van der Waals surface area contributed by atoms with E-state index in [4.69, 9.17) is 4.74 Å². The van der Waals surface area contributed by atoms with Gasteiger partial charge in [-0.15, -0.1) is 0 Å². The lowest BCUT2D eigenvalue weighted by Crippen LogP contribution is -2.47. The van der Waals surface area contributed by atoms with Crippen molar-refractivity contribution in [1.29, 1.82) is 0 Å². The van der Waals surface area contributed by atoms with Crippen molar-refractivity contribution >= 4 is 5.97 Å². The van der Waals surface area contributed by atoms with E-state index < -0.39 is 5.97 Å². The number of carboxylic acid groups (broad SMARTS) is 1. The lowest BCUT2D eigenvalue weighted by molar-refractivity contribution is -0.146. The second-order valence-corrected chi connectivity index (χ2v) is 6.57. The molecule has 0 saturated carbocycles. The molecule has 25 heavy (non-hydrogen) atoms. The summed E-state index contributed by atoms with van der Waals surface area (Å²) in [6, 6.07) is 18.5. The second-order valence-electron chi connectivity index (χ2n) is 6.57. The molecule has 1 heterocycles. The maximum Gasteiger partial charge on any atom is 0.306 e. The summed E-state index contributed by atoms with van der Waals surface area (Å²) in [6.45, 7) is 3.72. The van der Waals surface area contributed by atoms with Crippen LogP contribution in [0.25, 0.3) is 0 Å². The third kappa shape index (κ3) is 4.60. The summed E-state index contributed by atoms with van der Waals surface area (Å²) in [5, 5.41) is 9.28. The zero-order valence-corrected chi connectivity index (χ0v) is 14.6. The summed E-state index contributed by atoms with van der Waals surface area (Å²) in [5.41, 5.74) is 2.52. The van der Waals surface area contributed by atoms with Gasteiger partial charge in [0.2, 0.25) is 0 Å². The molecule has 0 aliphatic carbocycles. The molecule has 1 aliphatic rings. The number of ether oxygens (including phenoxy) is 1. The van der Waals surface area contributed by atoms with Crippen molar-refractivity contribution in [3.63, 3.8) is 0 Å². The molecule has 2 aromatic rings. The normalized spacial score (nSPS) is 21.0. The van der Waals surface area contributed by atoms with Gasteiger partial charge in [-0.2, -0.15) is 0 Å². The van der Waals surface area contributed by atoms with Gasteiger partial charge >= 0.3 is 5.97 Å². The van der Waals surface area contributed by atoms with Crippen LogP contribution in [0.3, 0.4) is 0 Å². The van der Waals surface area contributed by atoms with Crippen molar-refractivity contribution in [1.82, 2.24) is 4.90 Å². The Kier molecular flexibility index (Phi) is 5.71. The average Bonchev–Trinajstić information content (AvgIpc) is 2.64. The maximum absolute atomic E-state index is 11.3. The first-order valence-electron chi connectivity index (χ1n) is 8.92. The van der Waals surface area contributed by atoms with Gasteiger partial charge in [-0.3, -0.25) is 9.69 Å². The Morgan fingerprint density at radius 1 is 1.12 bits per heavy atom. The number of carboxylic acids is 1. The van der Waals surface area contributed by atoms with E-state index in [1.807, 2.05) is 30.3 Å². The molecule has 0 spiro atoms. The quantitative estimate of drug-likeness (QED) is 0.870. The van der Waals surface area contributed by atoms with Crippen molar-refractivity contribution in [3.05, 3.63) is 65.7 Å². The summed E-state index contributed by atoms with van der Waals surface area (Å²) < 4.78 is 6.11. The van der Waals surface area contributed by atoms with Crippen molar-refractivity contribution in [3.8, 4) is 5.75 Å². The van der Waals surface area contributed by atoms with Crippen LogP contribution in [0, 0.1) is 5.92 Å². The van der Waals surface area contributed by atoms with E-state index in [1.54, 1.807) is 0 Å². The van der Waals surface area contributed by atoms with E-state index in [2.05, 4.69) is 36.1 Å². The summed E-state index contributed by atoms with van der Waals surface area (Å²) in [6.07, 6.45) is 1.96. The van der Waals surface area contributed by atoms with Gasteiger partial charge in [0.15, 0.2) is 6.23 Å². The molecule has 0 bridgehead atoms. The molecule has 3 rings (SSSR count). The largest absolute Gasteiger partial charge is 0.481 e. The fraction of sp³-hybridized carbons (Fsp3) is 0.381. The molecule has 0 amide bonds. The maximum atomic E-state index is 11.3. The van der Waals surface area contributed by atoms with E-state index in [-0.39, 0.29) is 12.1 Å². The van der Waals surface area contributed by atoms with Crippen LogP contribution < -0.4 is 4.74 Å². The topological polar surface area (TPSA) is 49.8 Å². The van der Waals surface area contributed by atoms with Gasteiger partial charge in [-0.1, -0.05) is 49.4 Å². The Labute approximate surface area is 149 Å². The molecule has 1 aliphatic heterocycles. The standard InChI is InChI=1S/C21H25NO3/c1-2-22-13-12-18(21(23)24)15-20(22)25-19-10-8-17(9-11-19)14-16-6-4-3-5-7-16/h3-11,18,20H,2,12-15H2,1H3,(H,23,24). The fourth-order valence-corrected chi connectivity index (χ4v) is 3.36. The molecule has 0 aromatic heterocycles. The number of benzene rings is 2. The zero-order chi connectivity index (χ0) is 17.6. The van der Waals surface area contributed by atoms with Crippen LogP contribution in [0.15, 0.2) is 54.6 Å². The van der Waals surface area contributed by atoms with Gasteiger partial charge in [-0.25, -0.2) is 0 Å². The van der Waals surface area contributed by atoms with E-state index in [9.17, 15) is 9.90 Å². The van der Waals surface area contributed by atoms with Crippen LogP contribution in [0.2, 0.25) is 0 Å². The third-order valence-corrected chi connectivity index (χ3v) is 4.86. The number of piperidine rings is 1. The molecule has 0 radical (unpaired) electrons. The molecular weight excluding hydrogens is 314 g/mol. The lowest BCUT2D eigenvalue weighted by Gasteiger charge is -2.37. The highest BCUT2D eigenvalue weighted by Crippen LogP contribution is 2.26. The highest BCUT2D eigenvalue weighted by atomic mass is 16.5. The smallest absolute Gasteiger partial charge is 0.306 e. The Morgan fingerprint density at radius 3 is 2.44 bits per heavy atom. The average molecular weight is 339 g/mol. The third-order valence-electron chi connectivity index (χ3n) is 4.86. The van der Waals surface area contributed by atoms with Crippen molar-refractivity contribution in [2.75, 3.05) is 13.1 Å². The Hall–Kier alpha value is -2.33. The number of hydrogen-bond acceptors (Lipinski definition) is 3. The zero-order valence-electron chi connectivity index (χ0n) is 14.6. The minimum atomic E-state index is -0.720. The molecule has 1 fully saturated rings. The molecular formula is C21H25NO3. The molecule has 2 aromatic carbocycles. The number of rotatable bonds is 6. The van der Waals surface area contributed by atoms with Crippen LogP contribution in [0.1, 0.15) is 30.9 Å². The molecule has 4 nitrogen and oxygen atoms in total.